The van der Waals surface area contributed by atoms with Gasteiger partial charge in [0.15, 0.2) is 0 Å². The van der Waals surface area contributed by atoms with Crippen molar-refractivity contribution in [1.29, 1.82) is 0 Å². The zero-order valence-electron chi connectivity index (χ0n) is 9.53. The van der Waals surface area contributed by atoms with Crippen LogP contribution in [0.5, 0.6) is 0 Å². The molecule has 0 spiro atoms. The van der Waals surface area contributed by atoms with Gasteiger partial charge in [-0.2, -0.15) is 0 Å². The maximum absolute atomic E-state index is 5.44. The third-order valence-corrected chi connectivity index (χ3v) is 4.22. The van der Waals surface area contributed by atoms with Crippen molar-refractivity contribution in [2.75, 3.05) is 39.4 Å². The van der Waals surface area contributed by atoms with Crippen LogP contribution in [-0.2, 0) is 4.74 Å². The molecule has 3 heterocycles. The van der Waals surface area contributed by atoms with Crippen LogP contribution in [0.1, 0.15) is 25.7 Å². The second-order valence-electron chi connectivity index (χ2n) is 5.22. The van der Waals surface area contributed by atoms with Gasteiger partial charge in [-0.05, 0) is 32.4 Å². The molecule has 15 heavy (non-hydrogen) atoms. The van der Waals surface area contributed by atoms with Gasteiger partial charge in [0, 0.05) is 31.8 Å². The lowest BCUT2D eigenvalue weighted by Crippen LogP contribution is -2.63. The highest BCUT2D eigenvalue weighted by atomic mass is 16.5. The van der Waals surface area contributed by atoms with Crippen molar-refractivity contribution in [2.24, 2.45) is 0 Å². The Labute approximate surface area is 92.4 Å². The van der Waals surface area contributed by atoms with E-state index in [-0.39, 0.29) is 0 Å². The van der Waals surface area contributed by atoms with E-state index in [0.29, 0.717) is 0 Å². The topological polar surface area (TPSA) is 15.7 Å². The molecule has 0 aromatic rings. The normalized spacial score (nSPS) is 35.6. The van der Waals surface area contributed by atoms with Crippen LogP contribution in [0.25, 0.3) is 0 Å². The first-order chi connectivity index (χ1) is 7.43. The van der Waals surface area contributed by atoms with Gasteiger partial charge in [0.25, 0.3) is 0 Å². The predicted molar refractivity (Wildman–Crippen MR) is 60.0 cm³/mol. The van der Waals surface area contributed by atoms with Crippen LogP contribution in [0, 0.1) is 0 Å². The summed E-state index contributed by atoms with van der Waals surface area (Å²) in [6, 6.07) is 1.61. The molecule has 3 saturated heterocycles. The summed E-state index contributed by atoms with van der Waals surface area (Å²) < 4.78 is 5.44. The Bertz CT molecular complexity index is 204. The summed E-state index contributed by atoms with van der Waals surface area (Å²) in [4.78, 5) is 5.32. The molecule has 1 unspecified atom stereocenters. The van der Waals surface area contributed by atoms with Gasteiger partial charge in [0.2, 0.25) is 0 Å². The lowest BCUT2D eigenvalue weighted by Gasteiger charge is -2.48. The molecule has 0 amide bonds. The Balaban J connectivity index is 1.44. The fourth-order valence-corrected chi connectivity index (χ4v) is 3.11. The van der Waals surface area contributed by atoms with E-state index in [1.165, 1.54) is 51.9 Å². The summed E-state index contributed by atoms with van der Waals surface area (Å²) in [5.41, 5.74) is 0. The molecule has 0 bridgehead atoms. The van der Waals surface area contributed by atoms with Crippen LogP contribution in [0.4, 0.5) is 0 Å². The lowest BCUT2D eigenvalue weighted by atomic mass is 10.00. The molecule has 0 aliphatic carbocycles. The van der Waals surface area contributed by atoms with Gasteiger partial charge in [0.05, 0.1) is 6.61 Å². The van der Waals surface area contributed by atoms with Crippen LogP contribution in [0.3, 0.4) is 0 Å². The molecule has 0 N–H and O–H groups in total. The van der Waals surface area contributed by atoms with Gasteiger partial charge in [-0.3, -0.25) is 9.80 Å². The number of hydrogen-bond donors (Lipinski definition) is 0. The molecule has 1 atom stereocenters. The van der Waals surface area contributed by atoms with Crippen molar-refractivity contribution in [3.05, 3.63) is 0 Å². The maximum Gasteiger partial charge on any atom is 0.0622 e. The van der Waals surface area contributed by atoms with Crippen LogP contribution < -0.4 is 0 Å². The number of nitrogens with zero attached hydrogens (tertiary/aromatic N) is 2. The smallest absolute Gasteiger partial charge is 0.0622 e. The van der Waals surface area contributed by atoms with Gasteiger partial charge >= 0.3 is 0 Å². The summed E-state index contributed by atoms with van der Waals surface area (Å²) in [6.07, 6.45) is 5.54. The average Bonchev–Trinajstić information content (AvgIpc) is 2.70. The molecule has 0 saturated carbocycles. The number of piperidine rings is 1. The molecular weight excluding hydrogens is 188 g/mol. The van der Waals surface area contributed by atoms with Crippen molar-refractivity contribution >= 4 is 0 Å². The molecule has 0 radical (unpaired) electrons. The predicted octanol–water partition coefficient (Wildman–Crippen LogP) is 0.945. The highest BCUT2D eigenvalue weighted by molar-refractivity contribution is 4.93. The molecular formula is C12H22N2O. The monoisotopic (exact) mass is 210 g/mol. The zero-order valence-corrected chi connectivity index (χ0v) is 9.53. The second-order valence-corrected chi connectivity index (χ2v) is 5.22. The van der Waals surface area contributed by atoms with Crippen molar-refractivity contribution in [1.82, 2.24) is 9.80 Å². The summed E-state index contributed by atoms with van der Waals surface area (Å²) in [5.74, 6) is 0. The highest BCUT2D eigenvalue weighted by Gasteiger charge is 2.37. The van der Waals surface area contributed by atoms with E-state index < -0.39 is 0 Å². The third-order valence-electron chi connectivity index (χ3n) is 4.22. The number of ether oxygens (including phenoxy) is 1. The van der Waals surface area contributed by atoms with Crippen molar-refractivity contribution in [3.8, 4) is 0 Å². The van der Waals surface area contributed by atoms with E-state index >= 15 is 0 Å². The van der Waals surface area contributed by atoms with Crippen LogP contribution >= 0.6 is 0 Å². The fourth-order valence-electron chi connectivity index (χ4n) is 3.11. The minimum Gasteiger partial charge on any atom is -0.380 e. The molecule has 3 rings (SSSR count). The Morgan fingerprint density at radius 3 is 2.33 bits per heavy atom. The Kier molecular flexibility index (Phi) is 2.95. The van der Waals surface area contributed by atoms with Crippen LogP contribution in [-0.4, -0.2) is 61.3 Å². The standard InChI is InChI=1S/C12H22N2O/c1-2-5-13(6-3-1)12-8-14(9-12)11-4-7-15-10-11/h11-12H,1-10H2. The third kappa shape index (κ3) is 2.05. The van der Waals surface area contributed by atoms with Gasteiger partial charge in [0.1, 0.15) is 0 Å². The van der Waals surface area contributed by atoms with E-state index in [1.807, 2.05) is 0 Å². The minimum absolute atomic E-state index is 0.742. The average molecular weight is 210 g/mol. The summed E-state index contributed by atoms with van der Waals surface area (Å²) in [6.45, 7) is 7.25. The van der Waals surface area contributed by atoms with E-state index in [4.69, 9.17) is 4.74 Å². The number of hydrogen-bond acceptors (Lipinski definition) is 3. The van der Waals surface area contributed by atoms with Gasteiger partial charge < -0.3 is 4.74 Å². The SMILES string of the molecule is C1CCN(C2CN(C3CCOC3)C2)CC1. The fraction of sp³-hybridized carbons (Fsp3) is 1.00. The van der Waals surface area contributed by atoms with Crippen molar-refractivity contribution in [2.45, 2.75) is 37.8 Å². The molecule has 3 aliphatic heterocycles. The van der Waals surface area contributed by atoms with Gasteiger partial charge in [-0.25, -0.2) is 0 Å². The summed E-state index contributed by atoms with van der Waals surface area (Å²) >= 11 is 0. The van der Waals surface area contributed by atoms with Gasteiger partial charge in [-0.15, -0.1) is 0 Å². The van der Waals surface area contributed by atoms with E-state index in [9.17, 15) is 0 Å². The quantitative estimate of drug-likeness (QED) is 0.675. The largest absolute Gasteiger partial charge is 0.380 e. The molecule has 3 aliphatic rings. The molecule has 3 heteroatoms. The zero-order chi connectivity index (χ0) is 10.1. The summed E-state index contributed by atoms with van der Waals surface area (Å²) in [5, 5.41) is 0. The molecule has 3 fully saturated rings. The minimum atomic E-state index is 0.742. The first-order valence-electron chi connectivity index (χ1n) is 6.49. The first-order valence-corrected chi connectivity index (χ1v) is 6.49. The first kappa shape index (κ1) is 10.1. The number of likely N-dealkylation sites (tertiary alicyclic amines) is 2. The maximum atomic E-state index is 5.44. The van der Waals surface area contributed by atoms with Crippen LogP contribution in [0.2, 0.25) is 0 Å². The second kappa shape index (κ2) is 4.40. The summed E-state index contributed by atoms with van der Waals surface area (Å²) in [7, 11) is 0. The molecule has 0 aromatic carbocycles. The van der Waals surface area contributed by atoms with Crippen molar-refractivity contribution < 1.29 is 4.74 Å². The Hall–Kier alpha value is -0.120. The molecule has 3 nitrogen and oxygen atoms in total. The highest BCUT2D eigenvalue weighted by Crippen LogP contribution is 2.24. The molecule has 86 valence electrons. The number of rotatable bonds is 2. The Morgan fingerprint density at radius 2 is 1.67 bits per heavy atom. The van der Waals surface area contributed by atoms with E-state index in [2.05, 4.69) is 9.80 Å². The van der Waals surface area contributed by atoms with Crippen molar-refractivity contribution in [3.63, 3.8) is 0 Å². The van der Waals surface area contributed by atoms with Gasteiger partial charge in [-0.1, -0.05) is 6.42 Å². The lowest BCUT2D eigenvalue weighted by molar-refractivity contribution is -0.00564. The Morgan fingerprint density at radius 1 is 0.867 bits per heavy atom. The van der Waals surface area contributed by atoms with E-state index in [1.54, 1.807) is 0 Å². The van der Waals surface area contributed by atoms with E-state index in [0.717, 1.165) is 25.3 Å². The van der Waals surface area contributed by atoms with Crippen LogP contribution in [0.15, 0.2) is 0 Å². The molecule has 0 aromatic heterocycles.